The van der Waals surface area contributed by atoms with Gasteiger partial charge < -0.3 is 24.3 Å². The van der Waals surface area contributed by atoms with Crippen LogP contribution in [-0.4, -0.2) is 36.9 Å². The lowest BCUT2D eigenvalue weighted by atomic mass is 10.1. The summed E-state index contributed by atoms with van der Waals surface area (Å²) in [5.74, 6) is 1.83. The van der Waals surface area contributed by atoms with Crippen LogP contribution in [0.25, 0.3) is 0 Å². The predicted octanol–water partition coefficient (Wildman–Crippen LogP) is 3.67. The molecule has 2 rings (SSSR count). The van der Waals surface area contributed by atoms with E-state index in [9.17, 15) is 4.79 Å². The van der Waals surface area contributed by atoms with Crippen molar-refractivity contribution in [2.45, 2.75) is 10.2 Å². The molecule has 6 nitrogen and oxygen atoms in total. The van der Waals surface area contributed by atoms with Crippen LogP contribution in [0.5, 0.6) is 17.2 Å². The van der Waals surface area contributed by atoms with Crippen LogP contribution in [0.2, 0.25) is 0 Å². The van der Waals surface area contributed by atoms with Crippen LogP contribution in [0, 0.1) is 3.57 Å². The summed E-state index contributed by atoms with van der Waals surface area (Å²) in [6.45, 7) is 0.184. The summed E-state index contributed by atoms with van der Waals surface area (Å²) >= 11 is 18.7. The lowest BCUT2D eigenvalue weighted by Crippen LogP contribution is -2.29. The summed E-state index contributed by atoms with van der Waals surface area (Å²) in [7, 11) is 1.57. The van der Waals surface area contributed by atoms with E-state index in [-0.39, 0.29) is 13.4 Å². The number of hydrogen-bond acceptors (Lipinski definition) is 5. The van der Waals surface area contributed by atoms with Crippen molar-refractivity contribution >= 4 is 63.5 Å². The Morgan fingerprint density at radius 3 is 2.83 bits per heavy atom. The van der Waals surface area contributed by atoms with Gasteiger partial charge in [-0.3, -0.25) is 0 Å². The quantitative estimate of drug-likeness (QED) is 0.498. The number of halogens is 4. The smallest absolute Gasteiger partial charge is 0.407 e. The predicted molar refractivity (Wildman–Crippen MR) is 95.2 cm³/mol. The monoisotopic (exact) mass is 495 g/mol. The largest absolute Gasteiger partial charge is 0.492 e. The highest BCUT2D eigenvalue weighted by molar-refractivity contribution is 14.1. The summed E-state index contributed by atoms with van der Waals surface area (Å²) in [4.78, 5) is 11.5. The average molecular weight is 497 g/mol. The number of methoxy groups -OCH3 is 1. The maximum absolute atomic E-state index is 11.5. The van der Waals surface area contributed by atoms with Crippen LogP contribution >= 0.6 is 57.4 Å². The van der Waals surface area contributed by atoms with Gasteiger partial charge in [0.2, 0.25) is 16.3 Å². The minimum Gasteiger partial charge on any atom is -0.492 e. The first-order valence-electron chi connectivity index (χ1n) is 6.44. The summed E-state index contributed by atoms with van der Waals surface area (Å²) in [5.41, 5.74) is 0.952. The van der Waals surface area contributed by atoms with Crippen molar-refractivity contribution in [2.75, 3.05) is 27.1 Å². The van der Waals surface area contributed by atoms with Gasteiger partial charge in [0.05, 0.1) is 10.7 Å². The van der Waals surface area contributed by atoms with Gasteiger partial charge in [-0.15, -0.1) is 0 Å². The molecule has 0 aliphatic carbocycles. The Balaban J connectivity index is 1.93. The first kappa shape index (κ1) is 18.8. The van der Waals surface area contributed by atoms with Crippen LogP contribution in [0.1, 0.15) is 5.56 Å². The molecule has 0 aromatic heterocycles. The van der Waals surface area contributed by atoms with Crippen LogP contribution in [0.15, 0.2) is 6.07 Å². The second-order valence-corrected chi connectivity index (χ2v) is 8.08. The zero-order valence-corrected chi connectivity index (χ0v) is 16.4. The molecule has 1 aliphatic heterocycles. The Kier molecular flexibility index (Phi) is 6.58. The number of nitrogens with one attached hydrogen (secondary N) is 1. The summed E-state index contributed by atoms with van der Waals surface area (Å²) < 4.78 is 20.2. The fourth-order valence-corrected chi connectivity index (χ4v) is 2.96. The lowest BCUT2D eigenvalue weighted by Gasteiger charge is -2.13. The number of fused-ring (bicyclic) bond motifs is 1. The molecule has 0 fully saturated rings. The molecule has 0 saturated carbocycles. The Labute approximate surface area is 161 Å². The Morgan fingerprint density at radius 2 is 2.17 bits per heavy atom. The fraction of sp³-hybridized carbons (Fsp3) is 0.462. The minimum absolute atomic E-state index is 0.160. The summed E-state index contributed by atoms with van der Waals surface area (Å²) in [6.07, 6.45) is -0.104. The second kappa shape index (κ2) is 8.04. The van der Waals surface area contributed by atoms with Gasteiger partial charge in [0.15, 0.2) is 11.5 Å². The van der Waals surface area contributed by atoms with Gasteiger partial charge in [-0.25, -0.2) is 4.79 Å². The zero-order chi connectivity index (χ0) is 17.0. The maximum Gasteiger partial charge on any atom is 0.407 e. The van der Waals surface area contributed by atoms with Crippen molar-refractivity contribution in [3.8, 4) is 17.2 Å². The molecule has 0 bridgehead atoms. The van der Waals surface area contributed by atoms with E-state index in [1.165, 1.54) is 0 Å². The van der Waals surface area contributed by atoms with E-state index in [2.05, 4.69) is 27.9 Å². The van der Waals surface area contributed by atoms with Gasteiger partial charge in [-0.1, -0.05) is 34.8 Å². The number of rotatable bonds is 5. The highest BCUT2D eigenvalue weighted by atomic mass is 127. The second-order valence-electron chi connectivity index (χ2n) is 4.48. The minimum atomic E-state index is -1.63. The third-order valence-electron chi connectivity index (χ3n) is 2.87. The third kappa shape index (κ3) is 5.23. The van der Waals surface area contributed by atoms with E-state index < -0.39 is 9.89 Å². The first-order chi connectivity index (χ1) is 10.8. The van der Waals surface area contributed by atoms with Crippen LogP contribution < -0.4 is 19.5 Å². The molecule has 1 aromatic carbocycles. The van der Waals surface area contributed by atoms with E-state index in [1.807, 2.05) is 6.07 Å². The van der Waals surface area contributed by atoms with Crippen molar-refractivity contribution in [3.05, 3.63) is 15.2 Å². The molecular weight excluding hydrogens is 483 g/mol. The van der Waals surface area contributed by atoms with Gasteiger partial charge in [0.25, 0.3) is 0 Å². The van der Waals surface area contributed by atoms with Crippen LogP contribution in [0.4, 0.5) is 4.79 Å². The molecule has 1 aliphatic rings. The Morgan fingerprint density at radius 1 is 1.43 bits per heavy atom. The van der Waals surface area contributed by atoms with Gasteiger partial charge >= 0.3 is 6.09 Å². The molecule has 0 atom stereocenters. The number of carbonyl (C=O) groups excluding carboxylic acids is 1. The topological polar surface area (TPSA) is 66.0 Å². The molecule has 23 heavy (non-hydrogen) atoms. The van der Waals surface area contributed by atoms with Gasteiger partial charge in [0, 0.05) is 6.54 Å². The Bertz CT molecular complexity index is 594. The highest BCUT2D eigenvalue weighted by Crippen LogP contribution is 2.45. The Hall–Kier alpha value is -0.510. The van der Waals surface area contributed by atoms with E-state index in [4.69, 9.17) is 53.8 Å². The van der Waals surface area contributed by atoms with Crippen molar-refractivity contribution < 1.29 is 23.7 Å². The van der Waals surface area contributed by atoms with Crippen LogP contribution in [-0.2, 0) is 11.2 Å². The molecule has 0 radical (unpaired) electrons. The van der Waals surface area contributed by atoms with Crippen molar-refractivity contribution in [2.24, 2.45) is 0 Å². The fourth-order valence-electron chi connectivity index (χ4n) is 1.90. The maximum atomic E-state index is 11.5. The molecule has 1 N–H and O–H groups in total. The van der Waals surface area contributed by atoms with Gasteiger partial charge in [0.1, 0.15) is 6.61 Å². The first-order valence-corrected chi connectivity index (χ1v) is 8.65. The lowest BCUT2D eigenvalue weighted by molar-refractivity contribution is 0.148. The molecule has 1 heterocycles. The van der Waals surface area contributed by atoms with E-state index in [0.717, 1.165) is 9.13 Å². The van der Waals surface area contributed by atoms with Gasteiger partial charge in [-0.05, 0) is 40.6 Å². The molecule has 0 saturated heterocycles. The summed E-state index contributed by atoms with van der Waals surface area (Å²) in [5, 5.41) is 2.58. The SMILES string of the molecule is COc1c(I)c(CCNC(=O)OCC(Cl)(Cl)Cl)cc2c1OCO2. The molecule has 0 spiro atoms. The number of alkyl halides is 3. The number of hydrogen-bond donors (Lipinski definition) is 1. The number of amides is 1. The molecule has 0 unspecified atom stereocenters. The normalized spacial score (nSPS) is 12.9. The number of carbonyl (C=O) groups is 1. The van der Waals surface area contributed by atoms with Crippen LogP contribution in [0.3, 0.4) is 0 Å². The summed E-state index contributed by atoms with van der Waals surface area (Å²) in [6, 6.07) is 1.86. The number of benzene rings is 1. The van der Waals surface area contributed by atoms with Crippen molar-refractivity contribution in [1.82, 2.24) is 5.32 Å². The number of alkyl carbamates (subject to hydrolysis) is 1. The van der Waals surface area contributed by atoms with E-state index >= 15 is 0 Å². The van der Waals surface area contributed by atoms with Gasteiger partial charge in [-0.2, -0.15) is 0 Å². The van der Waals surface area contributed by atoms with Crippen molar-refractivity contribution in [1.29, 1.82) is 0 Å². The highest BCUT2D eigenvalue weighted by Gasteiger charge is 2.24. The molecular formula is C13H13Cl3INO5. The molecule has 1 aromatic rings. The zero-order valence-electron chi connectivity index (χ0n) is 12.0. The third-order valence-corrected chi connectivity index (χ3v) is 4.38. The number of ether oxygens (including phenoxy) is 4. The molecule has 1 amide bonds. The van der Waals surface area contributed by atoms with E-state index in [1.54, 1.807) is 7.11 Å². The molecule has 128 valence electrons. The standard InChI is InChI=1S/C13H13Cl3INO5/c1-20-11-9(17)7(4-8-10(11)23-6-22-8)2-3-18-12(19)21-5-13(14,15)16/h4H,2-3,5-6H2,1H3,(H,18,19). The molecule has 10 heteroatoms. The van der Waals surface area contributed by atoms with Crippen molar-refractivity contribution in [3.63, 3.8) is 0 Å². The average Bonchev–Trinajstić information content (AvgIpc) is 2.93. The van der Waals surface area contributed by atoms with E-state index in [0.29, 0.717) is 30.2 Å².